The van der Waals surface area contributed by atoms with Crippen molar-refractivity contribution in [2.75, 3.05) is 5.32 Å². The average molecular weight is 324 g/mol. The van der Waals surface area contributed by atoms with E-state index in [0.717, 1.165) is 27.2 Å². The van der Waals surface area contributed by atoms with Gasteiger partial charge in [-0.15, -0.1) is 11.3 Å². The Hall–Kier alpha value is -1.50. The summed E-state index contributed by atoms with van der Waals surface area (Å²) in [4.78, 5) is 16.9. The van der Waals surface area contributed by atoms with Crippen molar-refractivity contribution in [1.29, 1.82) is 0 Å². The lowest BCUT2D eigenvalue weighted by Gasteiger charge is -1.98. The molecular formula is C13H10ClN3OS2. The predicted octanol–water partition coefficient (Wildman–Crippen LogP) is 4.28. The standard InChI is InChI=1S/C13H10ClN3OS2/c1-6-3-4-8-9(5-6)19-11(10(8)14)12(18)16-13-15-7(2)17-20-13/h3-5H,1-2H3,(H,15,16,17,18). The minimum atomic E-state index is -0.245. The summed E-state index contributed by atoms with van der Waals surface area (Å²) in [5, 5.41) is 4.60. The van der Waals surface area contributed by atoms with Gasteiger partial charge in [0.15, 0.2) is 0 Å². The van der Waals surface area contributed by atoms with Crippen molar-refractivity contribution in [3.8, 4) is 0 Å². The van der Waals surface area contributed by atoms with Gasteiger partial charge in [0.2, 0.25) is 5.13 Å². The molecule has 0 saturated carbocycles. The molecule has 1 amide bonds. The van der Waals surface area contributed by atoms with Crippen LogP contribution >= 0.6 is 34.5 Å². The first kappa shape index (κ1) is 13.5. The Morgan fingerprint density at radius 3 is 2.85 bits per heavy atom. The molecule has 0 aliphatic carbocycles. The Morgan fingerprint density at radius 2 is 2.15 bits per heavy atom. The average Bonchev–Trinajstić information content (AvgIpc) is 2.94. The van der Waals surface area contributed by atoms with Crippen molar-refractivity contribution in [1.82, 2.24) is 9.36 Å². The highest BCUT2D eigenvalue weighted by molar-refractivity contribution is 7.21. The van der Waals surface area contributed by atoms with Crippen molar-refractivity contribution in [2.24, 2.45) is 0 Å². The molecule has 4 nitrogen and oxygen atoms in total. The summed E-state index contributed by atoms with van der Waals surface area (Å²) in [6.45, 7) is 3.79. The number of aryl methyl sites for hydroxylation is 2. The monoisotopic (exact) mass is 323 g/mol. The molecule has 0 aliphatic heterocycles. The normalized spacial score (nSPS) is 10.9. The molecule has 102 valence electrons. The minimum absolute atomic E-state index is 0.245. The quantitative estimate of drug-likeness (QED) is 0.766. The predicted molar refractivity (Wildman–Crippen MR) is 84.2 cm³/mol. The highest BCUT2D eigenvalue weighted by Crippen LogP contribution is 2.36. The summed E-state index contributed by atoms with van der Waals surface area (Å²) >= 11 is 8.83. The SMILES string of the molecule is Cc1ccc2c(Cl)c(C(=O)Nc3nc(C)ns3)sc2c1. The van der Waals surface area contributed by atoms with E-state index < -0.39 is 0 Å². The van der Waals surface area contributed by atoms with E-state index in [2.05, 4.69) is 14.7 Å². The molecule has 0 atom stereocenters. The van der Waals surface area contributed by atoms with Crippen molar-refractivity contribution in [3.63, 3.8) is 0 Å². The zero-order chi connectivity index (χ0) is 14.3. The molecule has 0 radical (unpaired) electrons. The number of nitrogens with zero attached hydrogens (tertiary/aromatic N) is 2. The zero-order valence-corrected chi connectivity index (χ0v) is 13.1. The number of rotatable bonds is 2. The molecule has 20 heavy (non-hydrogen) atoms. The van der Waals surface area contributed by atoms with Crippen LogP contribution in [0.3, 0.4) is 0 Å². The number of carbonyl (C=O) groups excluding carboxylic acids is 1. The molecule has 3 aromatic rings. The maximum absolute atomic E-state index is 12.3. The summed E-state index contributed by atoms with van der Waals surface area (Å²) in [5.74, 6) is 0.397. The molecule has 2 aromatic heterocycles. The Kier molecular flexibility index (Phi) is 3.45. The fourth-order valence-electron chi connectivity index (χ4n) is 1.82. The number of nitrogens with one attached hydrogen (secondary N) is 1. The van der Waals surface area contributed by atoms with Crippen LogP contribution in [0.4, 0.5) is 5.13 Å². The van der Waals surface area contributed by atoms with Gasteiger partial charge >= 0.3 is 0 Å². The van der Waals surface area contributed by atoms with Crippen molar-refractivity contribution in [3.05, 3.63) is 39.5 Å². The number of anilines is 1. The van der Waals surface area contributed by atoms with Crippen LogP contribution in [0, 0.1) is 13.8 Å². The van der Waals surface area contributed by atoms with Crippen molar-refractivity contribution in [2.45, 2.75) is 13.8 Å². The first-order chi connectivity index (χ1) is 9.54. The van der Waals surface area contributed by atoms with Crippen LogP contribution in [0.5, 0.6) is 0 Å². The Bertz CT molecular complexity index is 809. The smallest absolute Gasteiger partial charge is 0.269 e. The highest BCUT2D eigenvalue weighted by atomic mass is 35.5. The molecule has 1 N–H and O–H groups in total. The number of hydrogen-bond donors (Lipinski definition) is 1. The molecular weight excluding hydrogens is 314 g/mol. The van der Waals surface area contributed by atoms with E-state index in [1.807, 2.05) is 25.1 Å². The number of halogens is 1. The van der Waals surface area contributed by atoms with Crippen LogP contribution in [0.15, 0.2) is 18.2 Å². The van der Waals surface area contributed by atoms with Crippen LogP contribution in [0.2, 0.25) is 5.02 Å². The number of aromatic nitrogens is 2. The number of carbonyl (C=O) groups is 1. The molecule has 3 rings (SSSR count). The lowest BCUT2D eigenvalue weighted by molar-refractivity contribution is 0.103. The molecule has 0 aliphatic rings. The van der Waals surface area contributed by atoms with E-state index in [1.165, 1.54) is 11.3 Å². The first-order valence-electron chi connectivity index (χ1n) is 5.85. The Labute approximate surface area is 128 Å². The minimum Gasteiger partial charge on any atom is -0.296 e. The van der Waals surface area contributed by atoms with Gasteiger partial charge in [-0.25, -0.2) is 4.98 Å². The third-order valence-electron chi connectivity index (χ3n) is 2.74. The first-order valence-corrected chi connectivity index (χ1v) is 7.81. The van der Waals surface area contributed by atoms with Gasteiger partial charge < -0.3 is 0 Å². The third kappa shape index (κ3) is 2.42. The maximum atomic E-state index is 12.3. The van der Waals surface area contributed by atoms with Gasteiger partial charge in [0.1, 0.15) is 10.7 Å². The molecule has 0 fully saturated rings. The van der Waals surface area contributed by atoms with E-state index in [-0.39, 0.29) is 5.91 Å². The second kappa shape index (κ2) is 5.12. The molecule has 1 aromatic carbocycles. The van der Waals surface area contributed by atoms with Gasteiger partial charge in [0, 0.05) is 21.6 Å². The molecule has 7 heteroatoms. The summed E-state index contributed by atoms with van der Waals surface area (Å²) in [6, 6.07) is 5.95. The summed E-state index contributed by atoms with van der Waals surface area (Å²) in [7, 11) is 0. The second-order valence-corrected chi connectivity index (χ2v) is 6.53. The summed E-state index contributed by atoms with van der Waals surface area (Å²) in [5.41, 5.74) is 1.14. The fraction of sp³-hybridized carbons (Fsp3) is 0.154. The van der Waals surface area contributed by atoms with Crippen molar-refractivity contribution >= 4 is 55.6 Å². The van der Waals surface area contributed by atoms with E-state index in [9.17, 15) is 4.79 Å². The molecule has 0 saturated heterocycles. The molecule has 0 spiro atoms. The number of hydrogen-bond acceptors (Lipinski definition) is 5. The number of amides is 1. The summed E-state index contributed by atoms with van der Waals surface area (Å²) < 4.78 is 5.03. The van der Waals surface area contributed by atoms with Gasteiger partial charge in [-0.3, -0.25) is 10.1 Å². The molecule has 0 unspecified atom stereocenters. The lowest BCUT2D eigenvalue weighted by Crippen LogP contribution is -2.10. The van der Waals surface area contributed by atoms with Crippen LogP contribution in [-0.4, -0.2) is 15.3 Å². The van der Waals surface area contributed by atoms with Crippen molar-refractivity contribution < 1.29 is 4.79 Å². The van der Waals surface area contributed by atoms with E-state index in [0.29, 0.717) is 20.9 Å². The van der Waals surface area contributed by atoms with Gasteiger partial charge in [-0.05, 0) is 25.5 Å². The number of benzene rings is 1. The molecule has 2 heterocycles. The van der Waals surface area contributed by atoms with Gasteiger partial charge in [-0.1, -0.05) is 23.7 Å². The van der Waals surface area contributed by atoms with E-state index >= 15 is 0 Å². The van der Waals surface area contributed by atoms with Gasteiger partial charge in [-0.2, -0.15) is 4.37 Å². The number of thiophene rings is 1. The van der Waals surface area contributed by atoms with E-state index in [4.69, 9.17) is 11.6 Å². The van der Waals surface area contributed by atoms with Crippen LogP contribution in [0.1, 0.15) is 21.1 Å². The highest BCUT2D eigenvalue weighted by Gasteiger charge is 2.18. The Balaban J connectivity index is 1.97. The zero-order valence-electron chi connectivity index (χ0n) is 10.7. The number of fused-ring (bicyclic) bond motifs is 1. The molecule has 0 bridgehead atoms. The van der Waals surface area contributed by atoms with Crippen LogP contribution in [0.25, 0.3) is 10.1 Å². The maximum Gasteiger partial charge on any atom is 0.269 e. The van der Waals surface area contributed by atoms with Gasteiger partial charge in [0.05, 0.1) is 5.02 Å². The fourth-order valence-corrected chi connectivity index (χ4v) is 3.90. The van der Waals surface area contributed by atoms with Crippen LogP contribution < -0.4 is 5.32 Å². The van der Waals surface area contributed by atoms with Gasteiger partial charge in [0.25, 0.3) is 5.91 Å². The van der Waals surface area contributed by atoms with E-state index in [1.54, 1.807) is 6.92 Å². The Morgan fingerprint density at radius 1 is 1.35 bits per heavy atom. The largest absolute Gasteiger partial charge is 0.296 e. The van der Waals surface area contributed by atoms with Crippen LogP contribution in [-0.2, 0) is 0 Å². The topological polar surface area (TPSA) is 54.9 Å². The summed E-state index contributed by atoms with van der Waals surface area (Å²) in [6.07, 6.45) is 0. The lowest BCUT2D eigenvalue weighted by atomic mass is 10.2. The second-order valence-electron chi connectivity index (χ2n) is 4.35. The third-order valence-corrected chi connectivity index (χ3v) is 5.12.